The maximum Gasteiger partial charge on any atom is 0.0849 e. The molecule has 0 aliphatic carbocycles. The highest BCUT2D eigenvalue weighted by Gasteiger charge is 2.13. The van der Waals surface area contributed by atoms with Crippen molar-refractivity contribution in [1.82, 2.24) is 0 Å². The third-order valence-electron chi connectivity index (χ3n) is 2.34. The summed E-state index contributed by atoms with van der Waals surface area (Å²) in [6.07, 6.45) is 0.0865. The van der Waals surface area contributed by atoms with Gasteiger partial charge in [0.05, 0.1) is 6.10 Å². The fourth-order valence-corrected chi connectivity index (χ4v) is 3.97. The van der Waals surface area contributed by atoms with Crippen LogP contribution in [0.4, 0.5) is 0 Å². The molecule has 0 aliphatic rings. The standard InChI is InChI=1S/C12H9Br2ClOS/c13-7-3-9(17-6-7)5-12(16)10-2-1-8(15)4-11(10)14/h1-4,6,12,16H,5H2. The van der Waals surface area contributed by atoms with Gasteiger partial charge >= 0.3 is 0 Å². The van der Waals surface area contributed by atoms with Gasteiger partial charge in [0.2, 0.25) is 0 Å². The summed E-state index contributed by atoms with van der Waals surface area (Å²) in [4.78, 5) is 1.14. The second-order valence-corrected chi connectivity index (χ2v) is 6.82. The third kappa shape index (κ3) is 3.55. The minimum atomic E-state index is -0.521. The molecule has 0 spiro atoms. The first-order valence-electron chi connectivity index (χ1n) is 4.92. The van der Waals surface area contributed by atoms with E-state index >= 15 is 0 Å². The maximum atomic E-state index is 10.2. The minimum absolute atomic E-state index is 0.521. The Morgan fingerprint density at radius 3 is 2.65 bits per heavy atom. The van der Waals surface area contributed by atoms with E-state index in [9.17, 15) is 5.11 Å². The Bertz CT molecular complexity index is 527. The second-order valence-electron chi connectivity index (χ2n) is 3.62. The highest BCUT2D eigenvalue weighted by atomic mass is 79.9. The molecule has 0 bridgehead atoms. The van der Waals surface area contributed by atoms with Crippen molar-refractivity contribution in [3.63, 3.8) is 0 Å². The number of hydrogen-bond donors (Lipinski definition) is 1. The fourth-order valence-electron chi connectivity index (χ4n) is 1.53. The normalized spacial score (nSPS) is 12.7. The van der Waals surface area contributed by atoms with Crippen molar-refractivity contribution in [3.05, 3.63) is 54.1 Å². The number of hydrogen-bond acceptors (Lipinski definition) is 2. The molecule has 0 saturated carbocycles. The van der Waals surface area contributed by atoms with Crippen LogP contribution in [0.15, 0.2) is 38.6 Å². The van der Waals surface area contributed by atoms with E-state index in [1.807, 2.05) is 17.5 Å². The Morgan fingerprint density at radius 2 is 2.06 bits per heavy atom. The summed E-state index contributed by atoms with van der Waals surface area (Å²) >= 11 is 14.3. The Morgan fingerprint density at radius 1 is 1.29 bits per heavy atom. The highest BCUT2D eigenvalue weighted by Crippen LogP contribution is 2.30. The van der Waals surface area contributed by atoms with Crippen LogP contribution in [0, 0.1) is 0 Å². The smallest absolute Gasteiger partial charge is 0.0849 e. The Kier molecular flexibility index (Phi) is 4.66. The highest BCUT2D eigenvalue weighted by molar-refractivity contribution is 9.10. The quantitative estimate of drug-likeness (QED) is 0.756. The van der Waals surface area contributed by atoms with Crippen molar-refractivity contribution in [2.45, 2.75) is 12.5 Å². The molecule has 1 aromatic heterocycles. The average Bonchev–Trinajstić information content (AvgIpc) is 2.63. The predicted octanol–water partition coefficient (Wildman–Crippen LogP) is 5.20. The lowest BCUT2D eigenvalue weighted by atomic mass is 10.1. The number of thiophene rings is 1. The molecule has 90 valence electrons. The van der Waals surface area contributed by atoms with Crippen molar-refractivity contribution in [2.75, 3.05) is 0 Å². The summed E-state index contributed by atoms with van der Waals surface area (Å²) in [7, 11) is 0. The molecule has 0 radical (unpaired) electrons. The van der Waals surface area contributed by atoms with Gasteiger partial charge in [-0.1, -0.05) is 33.6 Å². The lowest BCUT2D eigenvalue weighted by molar-refractivity contribution is 0.178. The van der Waals surface area contributed by atoms with Crippen LogP contribution >= 0.6 is 54.8 Å². The van der Waals surface area contributed by atoms with Gasteiger partial charge in [-0.2, -0.15) is 0 Å². The van der Waals surface area contributed by atoms with Gasteiger partial charge in [-0.05, 0) is 39.7 Å². The van der Waals surface area contributed by atoms with Crippen LogP contribution in [0.25, 0.3) is 0 Å². The Labute approximate surface area is 126 Å². The summed E-state index contributed by atoms with van der Waals surface area (Å²) in [5.41, 5.74) is 0.860. The molecule has 1 aromatic carbocycles. The number of halogens is 3. The molecule has 0 saturated heterocycles. The van der Waals surface area contributed by atoms with Crippen LogP contribution in [0.5, 0.6) is 0 Å². The van der Waals surface area contributed by atoms with E-state index in [1.54, 1.807) is 23.5 Å². The van der Waals surface area contributed by atoms with Crippen LogP contribution in [0.2, 0.25) is 5.02 Å². The van der Waals surface area contributed by atoms with Gasteiger partial charge in [0.15, 0.2) is 0 Å². The lowest BCUT2D eigenvalue weighted by Crippen LogP contribution is -2.01. The summed E-state index contributed by atoms with van der Waals surface area (Å²) in [6.45, 7) is 0. The van der Waals surface area contributed by atoms with E-state index < -0.39 is 6.10 Å². The predicted molar refractivity (Wildman–Crippen MR) is 79.8 cm³/mol. The zero-order chi connectivity index (χ0) is 12.4. The third-order valence-corrected chi connectivity index (χ3v) is 4.98. The average molecular weight is 397 g/mol. The van der Waals surface area contributed by atoms with Crippen LogP contribution in [-0.2, 0) is 6.42 Å². The SMILES string of the molecule is OC(Cc1cc(Br)cs1)c1ccc(Cl)cc1Br. The van der Waals surface area contributed by atoms with E-state index in [2.05, 4.69) is 31.9 Å². The largest absolute Gasteiger partial charge is 0.388 e. The lowest BCUT2D eigenvalue weighted by Gasteiger charge is -2.12. The van der Waals surface area contributed by atoms with Gasteiger partial charge < -0.3 is 5.11 Å². The van der Waals surface area contributed by atoms with E-state index in [1.165, 1.54) is 0 Å². The molecule has 1 N–H and O–H groups in total. The van der Waals surface area contributed by atoms with Crippen molar-refractivity contribution in [2.24, 2.45) is 0 Å². The number of aliphatic hydroxyl groups is 1. The molecule has 1 unspecified atom stereocenters. The van der Waals surface area contributed by atoms with E-state index in [0.29, 0.717) is 11.4 Å². The molecule has 2 rings (SSSR count). The maximum absolute atomic E-state index is 10.2. The summed E-state index contributed by atoms with van der Waals surface area (Å²) in [5.74, 6) is 0. The Hall–Kier alpha value is 0.130. The van der Waals surface area contributed by atoms with Crippen molar-refractivity contribution >= 4 is 54.8 Å². The van der Waals surface area contributed by atoms with Gasteiger partial charge in [0, 0.05) is 30.6 Å². The molecular weight excluding hydrogens is 387 g/mol. The first-order chi connectivity index (χ1) is 8.06. The number of benzene rings is 1. The summed E-state index contributed by atoms with van der Waals surface area (Å²) in [5, 5.41) is 12.8. The monoisotopic (exact) mass is 394 g/mol. The topological polar surface area (TPSA) is 20.2 Å². The van der Waals surface area contributed by atoms with Crippen molar-refractivity contribution in [3.8, 4) is 0 Å². The zero-order valence-corrected chi connectivity index (χ0v) is 13.4. The molecule has 1 nitrogen and oxygen atoms in total. The molecule has 0 aliphatic heterocycles. The fraction of sp³-hybridized carbons (Fsp3) is 0.167. The Balaban J connectivity index is 2.17. The van der Waals surface area contributed by atoms with Gasteiger partial charge in [-0.25, -0.2) is 0 Å². The molecule has 2 aromatic rings. The van der Waals surface area contributed by atoms with Gasteiger partial charge in [-0.15, -0.1) is 11.3 Å². The first-order valence-corrected chi connectivity index (χ1v) is 7.76. The molecule has 1 heterocycles. The molecule has 17 heavy (non-hydrogen) atoms. The molecule has 1 atom stereocenters. The van der Waals surface area contributed by atoms with Crippen molar-refractivity contribution < 1.29 is 5.11 Å². The van der Waals surface area contributed by atoms with Crippen LogP contribution in [0.3, 0.4) is 0 Å². The number of aliphatic hydroxyl groups excluding tert-OH is 1. The van der Waals surface area contributed by atoms with E-state index in [-0.39, 0.29) is 0 Å². The van der Waals surface area contributed by atoms with Gasteiger partial charge in [0.25, 0.3) is 0 Å². The molecular formula is C12H9Br2ClOS. The van der Waals surface area contributed by atoms with E-state index in [0.717, 1.165) is 19.4 Å². The van der Waals surface area contributed by atoms with Gasteiger partial charge in [0.1, 0.15) is 0 Å². The summed E-state index contributed by atoms with van der Waals surface area (Å²) in [6, 6.07) is 7.46. The van der Waals surface area contributed by atoms with Crippen molar-refractivity contribution in [1.29, 1.82) is 0 Å². The van der Waals surface area contributed by atoms with Crippen LogP contribution in [-0.4, -0.2) is 5.11 Å². The first kappa shape index (κ1) is 13.6. The molecule has 0 fully saturated rings. The molecule has 0 amide bonds. The second kappa shape index (κ2) is 5.85. The summed E-state index contributed by atoms with van der Waals surface area (Å²) < 4.78 is 1.90. The number of rotatable bonds is 3. The molecule has 5 heteroatoms. The van der Waals surface area contributed by atoms with E-state index in [4.69, 9.17) is 11.6 Å². The zero-order valence-electron chi connectivity index (χ0n) is 8.66. The minimum Gasteiger partial charge on any atom is -0.388 e. The van der Waals surface area contributed by atoms with Crippen LogP contribution < -0.4 is 0 Å². The van der Waals surface area contributed by atoms with Crippen LogP contribution in [0.1, 0.15) is 16.5 Å². The van der Waals surface area contributed by atoms with Gasteiger partial charge in [-0.3, -0.25) is 0 Å².